The fourth-order valence-electron chi connectivity index (χ4n) is 1.01. The molecule has 0 aliphatic rings. The summed E-state index contributed by atoms with van der Waals surface area (Å²) in [6, 6.07) is 1.73. The van der Waals surface area contributed by atoms with Gasteiger partial charge < -0.3 is 14.4 Å². The molecule has 76 valence electrons. The van der Waals surface area contributed by atoms with Crippen LogP contribution >= 0.6 is 0 Å². The van der Waals surface area contributed by atoms with Gasteiger partial charge in [0, 0.05) is 19.2 Å². The third-order valence-electron chi connectivity index (χ3n) is 1.73. The maximum absolute atomic E-state index is 11.2. The maximum atomic E-state index is 11.2. The van der Waals surface area contributed by atoms with Gasteiger partial charge in [0.15, 0.2) is 0 Å². The smallest absolute Gasteiger partial charge is 0.312 e. The second kappa shape index (κ2) is 4.45. The Hall–Kier alpha value is -1.78. The summed E-state index contributed by atoms with van der Waals surface area (Å²) in [6.07, 6.45) is 2.55. The molecule has 5 heteroatoms. The van der Waals surface area contributed by atoms with Gasteiger partial charge in [0.1, 0.15) is 6.42 Å². The molecule has 0 fully saturated rings. The molecule has 0 aliphatic heterocycles. The van der Waals surface area contributed by atoms with Crippen molar-refractivity contribution in [2.24, 2.45) is 0 Å². The summed E-state index contributed by atoms with van der Waals surface area (Å²) >= 11 is 0. The number of hydrogen-bond donors (Lipinski definition) is 1. The minimum Gasteiger partial charge on any atom is -0.481 e. The first-order valence-corrected chi connectivity index (χ1v) is 4.06. The average molecular weight is 197 g/mol. The number of carbonyl (C=O) groups excluding carboxylic acids is 1. The first-order valence-electron chi connectivity index (χ1n) is 4.06. The van der Waals surface area contributed by atoms with Gasteiger partial charge in [-0.3, -0.25) is 9.59 Å². The van der Waals surface area contributed by atoms with Gasteiger partial charge in [-0.2, -0.15) is 0 Å². The molecule has 5 nitrogen and oxygen atoms in total. The van der Waals surface area contributed by atoms with Gasteiger partial charge in [-0.05, 0) is 6.07 Å². The highest BCUT2D eigenvalue weighted by Gasteiger charge is 2.13. The Morgan fingerprint density at radius 2 is 2.29 bits per heavy atom. The van der Waals surface area contributed by atoms with Crippen LogP contribution in [0, 0.1) is 0 Å². The molecule has 1 aromatic rings. The largest absolute Gasteiger partial charge is 0.481 e. The number of amides is 1. The summed E-state index contributed by atoms with van der Waals surface area (Å²) in [5.41, 5.74) is 0.839. The van der Waals surface area contributed by atoms with Gasteiger partial charge in [-0.15, -0.1) is 0 Å². The average Bonchev–Trinajstić information content (AvgIpc) is 2.55. The van der Waals surface area contributed by atoms with Crippen LogP contribution in [0.5, 0.6) is 0 Å². The third kappa shape index (κ3) is 2.93. The van der Waals surface area contributed by atoms with Crippen LogP contribution in [-0.2, 0) is 16.1 Å². The zero-order valence-electron chi connectivity index (χ0n) is 7.77. The highest BCUT2D eigenvalue weighted by atomic mass is 16.4. The Morgan fingerprint density at radius 1 is 1.57 bits per heavy atom. The summed E-state index contributed by atoms with van der Waals surface area (Å²) in [7, 11) is 1.55. The summed E-state index contributed by atoms with van der Waals surface area (Å²) in [4.78, 5) is 22.8. The lowest BCUT2D eigenvalue weighted by atomic mass is 10.3. The molecule has 0 aliphatic carbocycles. The predicted molar refractivity (Wildman–Crippen MR) is 47.4 cm³/mol. The monoisotopic (exact) mass is 197 g/mol. The van der Waals surface area contributed by atoms with Gasteiger partial charge in [0.05, 0.1) is 12.5 Å². The second-order valence-electron chi connectivity index (χ2n) is 2.95. The van der Waals surface area contributed by atoms with Crippen LogP contribution in [0.2, 0.25) is 0 Å². The molecule has 1 aromatic heterocycles. The highest BCUT2D eigenvalue weighted by molar-refractivity contribution is 5.93. The van der Waals surface area contributed by atoms with E-state index in [0.717, 1.165) is 5.56 Å². The second-order valence-corrected chi connectivity index (χ2v) is 2.95. The number of furan rings is 1. The summed E-state index contributed by atoms with van der Waals surface area (Å²) in [5.74, 6) is -1.53. The minimum atomic E-state index is -1.12. The topological polar surface area (TPSA) is 70.8 Å². The van der Waals surface area contributed by atoms with E-state index in [-0.39, 0.29) is 0 Å². The fraction of sp³-hybridized carbons (Fsp3) is 0.333. The predicted octanol–water partition coefficient (Wildman–Crippen LogP) is 0.713. The quantitative estimate of drug-likeness (QED) is 0.721. The lowest BCUT2D eigenvalue weighted by Crippen LogP contribution is -2.27. The number of aliphatic carboxylic acids is 1. The molecule has 0 atom stereocenters. The Balaban J connectivity index is 2.46. The standard InChI is InChI=1S/C9H11NO4/c1-10(8(11)4-9(12)13)5-7-2-3-14-6-7/h2-3,6H,4-5H2,1H3,(H,12,13). The molecule has 14 heavy (non-hydrogen) atoms. The van der Waals surface area contributed by atoms with E-state index in [2.05, 4.69) is 0 Å². The van der Waals surface area contributed by atoms with Crippen molar-refractivity contribution in [3.8, 4) is 0 Å². The molecule has 1 heterocycles. The van der Waals surface area contributed by atoms with E-state index in [1.54, 1.807) is 13.1 Å². The van der Waals surface area contributed by atoms with Crippen molar-refractivity contribution in [2.45, 2.75) is 13.0 Å². The van der Waals surface area contributed by atoms with Gasteiger partial charge in [0.25, 0.3) is 0 Å². The van der Waals surface area contributed by atoms with Crippen LogP contribution < -0.4 is 0 Å². The lowest BCUT2D eigenvalue weighted by molar-refractivity contribution is -0.143. The first-order chi connectivity index (χ1) is 6.59. The van der Waals surface area contributed by atoms with E-state index >= 15 is 0 Å². The molecule has 1 rings (SSSR count). The van der Waals surface area contributed by atoms with Crippen LogP contribution in [0.4, 0.5) is 0 Å². The van der Waals surface area contributed by atoms with Gasteiger partial charge in [-0.1, -0.05) is 0 Å². The fourth-order valence-corrected chi connectivity index (χ4v) is 1.01. The van der Waals surface area contributed by atoms with Crippen LogP contribution in [0.25, 0.3) is 0 Å². The summed E-state index contributed by atoms with van der Waals surface area (Å²) in [6.45, 7) is 0.364. The zero-order chi connectivity index (χ0) is 10.6. The molecule has 0 bridgehead atoms. The molecular formula is C9H11NO4. The van der Waals surface area contributed by atoms with Crippen molar-refractivity contribution in [2.75, 3.05) is 7.05 Å². The van der Waals surface area contributed by atoms with Crippen molar-refractivity contribution >= 4 is 11.9 Å². The van der Waals surface area contributed by atoms with Crippen molar-refractivity contribution in [1.82, 2.24) is 4.90 Å². The van der Waals surface area contributed by atoms with Gasteiger partial charge in [0.2, 0.25) is 5.91 Å². The number of carboxylic acids is 1. The molecule has 1 N–H and O–H groups in total. The maximum Gasteiger partial charge on any atom is 0.312 e. The number of hydrogen-bond acceptors (Lipinski definition) is 3. The molecule has 0 radical (unpaired) electrons. The molecule has 0 saturated heterocycles. The number of rotatable bonds is 4. The summed E-state index contributed by atoms with van der Waals surface area (Å²) in [5, 5.41) is 8.39. The van der Waals surface area contributed by atoms with E-state index in [4.69, 9.17) is 9.52 Å². The molecule has 0 aromatic carbocycles. The molecule has 0 spiro atoms. The Kier molecular flexibility index (Phi) is 3.28. The molecule has 0 unspecified atom stereocenters. The van der Waals surface area contributed by atoms with Crippen molar-refractivity contribution in [3.05, 3.63) is 24.2 Å². The van der Waals surface area contributed by atoms with Crippen LogP contribution in [0.1, 0.15) is 12.0 Å². The van der Waals surface area contributed by atoms with E-state index in [0.29, 0.717) is 6.54 Å². The van der Waals surface area contributed by atoms with Crippen LogP contribution in [0.3, 0.4) is 0 Å². The van der Waals surface area contributed by atoms with Crippen LogP contribution in [0.15, 0.2) is 23.0 Å². The van der Waals surface area contributed by atoms with Gasteiger partial charge in [-0.25, -0.2) is 0 Å². The zero-order valence-corrected chi connectivity index (χ0v) is 7.77. The Morgan fingerprint density at radius 3 is 2.79 bits per heavy atom. The highest BCUT2D eigenvalue weighted by Crippen LogP contribution is 2.04. The SMILES string of the molecule is CN(Cc1ccoc1)C(=O)CC(=O)O. The van der Waals surface area contributed by atoms with Crippen molar-refractivity contribution in [3.63, 3.8) is 0 Å². The number of carboxylic acid groups (broad SMARTS) is 1. The van der Waals surface area contributed by atoms with E-state index < -0.39 is 18.3 Å². The van der Waals surface area contributed by atoms with E-state index in [1.165, 1.54) is 17.4 Å². The minimum absolute atomic E-state index is 0.364. The Labute approximate surface area is 80.9 Å². The summed E-state index contributed by atoms with van der Waals surface area (Å²) < 4.78 is 4.82. The number of nitrogens with zero attached hydrogens (tertiary/aromatic N) is 1. The van der Waals surface area contributed by atoms with Crippen molar-refractivity contribution < 1.29 is 19.1 Å². The number of carbonyl (C=O) groups is 2. The molecule has 0 saturated carbocycles. The van der Waals surface area contributed by atoms with Crippen molar-refractivity contribution in [1.29, 1.82) is 0 Å². The first kappa shape index (κ1) is 10.3. The van der Waals surface area contributed by atoms with Gasteiger partial charge >= 0.3 is 5.97 Å². The van der Waals surface area contributed by atoms with E-state index in [9.17, 15) is 9.59 Å². The Bertz CT molecular complexity index is 318. The normalized spacial score (nSPS) is 9.79. The van der Waals surface area contributed by atoms with Crippen LogP contribution in [-0.4, -0.2) is 28.9 Å². The molecular weight excluding hydrogens is 186 g/mol. The third-order valence-corrected chi connectivity index (χ3v) is 1.73. The lowest BCUT2D eigenvalue weighted by Gasteiger charge is -2.14. The molecule has 1 amide bonds. The van der Waals surface area contributed by atoms with E-state index in [1.807, 2.05) is 0 Å².